The van der Waals surface area contributed by atoms with Crippen molar-refractivity contribution in [3.8, 4) is 5.75 Å². The van der Waals surface area contributed by atoms with E-state index < -0.39 is 11.0 Å². The highest BCUT2D eigenvalue weighted by Crippen LogP contribution is 2.24. The summed E-state index contributed by atoms with van der Waals surface area (Å²) < 4.78 is 20.5. The van der Waals surface area contributed by atoms with Gasteiger partial charge in [0, 0.05) is 6.04 Å². The van der Waals surface area contributed by atoms with Gasteiger partial charge in [0.25, 0.3) is 0 Å². The number of rotatable bonds is 7. The van der Waals surface area contributed by atoms with Gasteiger partial charge in [0.2, 0.25) is 0 Å². The van der Waals surface area contributed by atoms with Gasteiger partial charge in [-0.05, 0) is 44.9 Å². The Hall–Kier alpha value is -0.870. The van der Waals surface area contributed by atoms with Crippen molar-refractivity contribution in [1.82, 2.24) is 4.72 Å². The molecule has 0 aromatic heterocycles. The van der Waals surface area contributed by atoms with E-state index >= 15 is 0 Å². The molecule has 0 bridgehead atoms. The van der Waals surface area contributed by atoms with Crippen molar-refractivity contribution in [2.24, 2.45) is 0 Å². The van der Waals surface area contributed by atoms with Crippen molar-refractivity contribution in [3.05, 3.63) is 29.8 Å². The van der Waals surface area contributed by atoms with Crippen molar-refractivity contribution < 1.29 is 8.95 Å². The Kier molecular flexibility index (Phi) is 6.69. The summed E-state index contributed by atoms with van der Waals surface area (Å²) in [6.07, 6.45) is 3.24. The molecule has 0 aliphatic carbocycles. The number of hydrogen-bond donors (Lipinski definition) is 1. The molecule has 0 amide bonds. The second-order valence-corrected chi connectivity index (χ2v) is 7.96. The van der Waals surface area contributed by atoms with Crippen LogP contribution in [0.1, 0.15) is 58.6 Å². The molecule has 0 aliphatic heterocycles. The molecule has 20 heavy (non-hydrogen) atoms. The monoisotopic (exact) mass is 297 g/mol. The fraction of sp³-hybridized carbons (Fsp3) is 0.625. The van der Waals surface area contributed by atoms with Crippen LogP contribution in [-0.2, 0) is 11.0 Å². The van der Waals surface area contributed by atoms with Crippen molar-refractivity contribution in [2.75, 3.05) is 7.11 Å². The average Bonchev–Trinajstić information content (AvgIpc) is 2.42. The summed E-state index contributed by atoms with van der Waals surface area (Å²) in [7, 11) is 0.603. The number of hydrogen-bond acceptors (Lipinski definition) is 2. The third-order valence-corrected chi connectivity index (χ3v) is 4.78. The minimum absolute atomic E-state index is 0.126. The SMILES string of the molecule is CCCC[C@@H](NS(=O)C(C)(C)C)c1ccc(OC)cc1. The van der Waals surface area contributed by atoms with E-state index in [1.807, 2.05) is 45.0 Å². The van der Waals surface area contributed by atoms with E-state index in [0.717, 1.165) is 30.6 Å². The standard InChI is InChI=1S/C16H27NO2S/c1-6-7-8-15(17-20(18)16(2,3)4)13-9-11-14(19-5)12-10-13/h9-12,15,17H,6-8H2,1-5H3/t15-,20?/m1/s1. The molecule has 0 aliphatic rings. The molecule has 0 radical (unpaired) electrons. The number of benzene rings is 1. The first-order chi connectivity index (χ1) is 9.38. The van der Waals surface area contributed by atoms with Gasteiger partial charge in [-0.1, -0.05) is 31.9 Å². The van der Waals surface area contributed by atoms with Gasteiger partial charge >= 0.3 is 0 Å². The molecular weight excluding hydrogens is 270 g/mol. The number of ether oxygens (including phenoxy) is 1. The highest BCUT2D eigenvalue weighted by Gasteiger charge is 2.23. The lowest BCUT2D eigenvalue weighted by atomic mass is 10.0. The molecule has 2 atom stereocenters. The largest absolute Gasteiger partial charge is 0.497 e. The molecule has 1 N–H and O–H groups in total. The minimum Gasteiger partial charge on any atom is -0.497 e. The zero-order chi connectivity index (χ0) is 15.2. The van der Waals surface area contributed by atoms with Crippen LogP contribution in [0.3, 0.4) is 0 Å². The van der Waals surface area contributed by atoms with Gasteiger partial charge in [-0.3, -0.25) is 0 Å². The fourth-order valence-electron chi connectivity index (χ4n) is 1.84. The highest BCUT2D eigenvalue weighted by molar-refractivity contribution is 7.84. The molecule has 1 rings (SSSR count). The van der Waals surface area contributed by atoms with Gasteiger partial charge in [-0.25, -0.2) is 8.93 Å². The predicted molar refractivity (Wildman–Crippen MR) is 86.3 cm³/mol. The first-order valence-electron chi connectivity index (χ1n) is 7.20. The summed E-state index contributed by atoms with van der Waals surface area (Å²) in [5, 5.41) is 0. The Labute approximate surface area is 125 Å². The normalized spacial score (nSPS) is 14.8. The first-order valence-corrected chi connectivity index (χ1v) is 8.35. The maximum Gasteiger partial charge on any atom is 0.118 e. The Morgan fingerprint density at radius 1 is 1.25 bits per heavy atom. The molecule has 3 nitrogen and oxygen atoms in total. The second kappa shape index (κ2) is 7.79. The third-order valence-electron chi connectivity index (χ3n) is 3.17. The molecule has 0 spiro atoms. The van der Waals surface area contributed by atoms with Crippen LogP contribution < -0.4 is 9.46 Å². The van der Waals surface area contributed by atoms with Crippen molar-refractivity contribution in [1.29, 1.82) is 0 Å². The highest BCUT2D eigenvalue weighted by atomic mass is 32.2. The van der Waals surface area contributed by atoms with Gasteiger partial charge in [-0.15, -0.1) is 0 Å². The molecule has 1 aromatic carbocycles. The lowest BCUT2D eigenvalue weighted by Crippen LogP contribution is -2.35. The maximum atomic E-state index is 12.3. The summed E-state index contributed by atoms with van der Waals surface area (Å²) in [5.41, 5.74) is 1.16. The Morgan fingerprint density at radius 2 is 1.85 bits per heavy atom. The summed E-state index contributed by atoms with van der Waals surface area (Å²) in [6.45, 7) is 8.13. The summed E-state index contributed by atoms with van der Waals surface area (Å²) in [5.74, 6) is 0.847. The van der Waals surface area contributed by atoms with Crippen LogP contribution in [0.2, 0.25) is 0 Å². The van der Waals surface area contributed by atoms with Crippen LogP contribution in [0.25, 0.3) is 0 Å². The van der Waals surface area contributed by atoms with Gasteiger partial charge in [0.05, 0.1) is 22.8 Å². The van der Waals surface area contributed by atoms with Crippen molar-refractivity contribution in [2.45, 2.75) is 57.7 Å². The quantitative estimate of drug-likeness (QED) is 0.826. The number of nitrogens with one attached hydrogen (secondary N) is 1. The van der Waals surface area contributed by atoms with Crippen LogP contribution in [0.5, 0.6) is 5.75 Å². The summed E-state index contributed by atoms with van der Waals surface area (Å²) in [6, 6.07) is 8.13. The van der Waals surface area contributed by atoms with Crippen LogP contribution >= 0.6 is 0 Å². The molecule has 0 fully saturated rings. The average molecular weight is 297 g/mol. The van der Waals surface area contributed by atoms with Crippen LogP contribution in [0, 0.1) is 0 Å². The van der Waals surface area contributed by atoms with Crippen LogP contribution in [0.15, 0.2) is 24.3 Å². The van der Waals surface area contributed by atoms with E-state index in [4.69, 9.17) is 4.74 Å². The second-order valence-electron chi connectivity index (χ2n) is 5.97. The molecule has 0 heterocycles. The molecule has 114 valence electrons. The zero-order valence-electron chi connectivity index (χ0n) is 13.2. The van der Waals surface area contributed by atoms with Crippen LogP contribution in [-0.4, -0.2) is 16.1 Å². The smallest absolute Gasteiger partial charge is 0.118 e. The topological polar surface area (TPSA) is 38.3 Å². The molecule has 0 saturated carbocycles. The molecular formula is C16H27NO2S. The molecule has 4 heteroatoms. The van der Waals surface area contributed by atoms with Crippen molar-refractivity contribution in [3.63, 3.8) is 0 Å². The lowest BCUT2D eigenvalue weighted by molar-refractivity contribution is 0.414. The number of unbranched alkanes of at least 4 members (excludes halogenated alkanes) is 1. The van der Waals surface area contributed by atoms with E-state index in [9.17, 15) is 4.21 Å². The Morgan fingerprint density at radius 3 is 2.30 bits per heavy atom. The third kappa shape index (κ3) is 5.25. The van der Waals surface area contributed by atoms with Crippen LogP contribution in [0.4, 0.5) is 0 Å². The minimum atomic E-state index is -1.06. The van der Waals surface area contributed by atoms with E-state index in [-0.39, 0.29) is 10.8 Å². The van der Waals surface area contributed by atoms with E-state index in [2.05, 4.69) is 11.6 Å². The molecule has 0 saturated heterocycles. The fourth-order valence-corrected chi connectivity index (χ4v) is 2.71. The molecule has 1 unspecified atom stereocenters. The zero-order valence-corrected chi connectivity index (χ0v) is 14.0. The van der Waals surface area contributed by atoms with E-state index in [1.165, 1.54) is 0 Å². The Bertz CT molecular complexity index is 423. The van der Waals surface area contributed by atoms with Gasteiger partial charge in [-0.2, -0.15) is 0 Å². The lowest BCUT2D eigenvalue weighted by Gasteiger charge is -2.24. The van der Waals surface area contributed by atoms with Gasteiger partial charge in [0.15, 0.2) is 0 Å². The van der Waals surface area contributed by atoms with E-state index in [0.29, 0.717) is 0 Å². The van der Waals surface area contributed by atoms with Gasteiger partial charge < -0.3 is 4.74 Å². The summed E-state index contributed by atoms with van der Waals surface area (Å²) >= 11 is 0. The number of methoxy groups -OCH3 is 1. The molecule has 1 aromatic rings. The van der Waals surface area contributed by atoms with Crippen molar-refractivity contribution >= 4 is 11.0 Å². The Balaban J connectivity index is 2.84. The maximum absolute atomic E-state index is 12.3. The van der Waals surface area contributed by atoms with Gasteiger partial charge in [0.1, 0.15) is 5.75 Å². The first kappa shape index (κ1) is 17.2. The predicted octanol–water partition coefficient (Wildman–Crippen LogP) is 3.98. The summed E-state index contributed by atoms with van der Waals surface area (Å²) in [4.78, 5) is 0. The van der Waals surface area contributed by atoms with E-state index in [1.54, 1.807) is 7.11 Å².